The fourth-order valence-corrected chi connectivity index (χ4v) is 4.57. The molecule has 33 heavy (non-hydrogen) atoms. The van der Waals surface area contributed by atoms with Crippen LogP contribution in [0.3, 0.4) is 0 Å². The molecule has 1 amide bonds. The average molecular weight is 444 g/mol. The van der Waals surface area contributed by atoms with E-state index in [2.05, 4.69) is 41.1 Å². The predicted octanol–water partition coefficient (Wildman–Crippen LogP) is 7.02. The highest BCUT2D eigenvalue weighted by Crippen LogP contribution is 2.38. The molecule has 0 spiro atoms. The Balaban J connectivity index is 1.59. The second-order valence-electron chi connectivity index (χ2n) is 8.63. The van der Waals surface area contributed by atoms with Crippen molar-refractivity contribution in [3.05, 3.63) is 84.3 Å². The number of hydrogen-bond acceptors (Lipinski definition) is 3. The number of aromatic nitrogens is 2. The molecule has 0 saturated heterocycles. The maximum absolute atomic E-state index is 14.7. The van der Waals surface area contributed by atoms with Crippen LogP contribution in [0.15, 0.2) is 71.6 Å². The summed E-state index contributed by atoms with van der Waals surface area (Å²) in [6, 6.07) is 16.6. The number of rotatable bonds is 5. The summed E-state index contributed by atoms with van der Waals surface area (Å²) in [6.45, 7) is 2.05. The molecule has 1 aliphatic carbocycles. The number of hydrogen-bond donors (Lipinski definition) is 1. The zero-order valence-corrected chi connectivity index (χ0v) is 18.6. The van der Waals surface area contributed by atoms with Gasteiger partial charge in [-0.2, -0.15) is 0 Å². The van der Waals surface area contributed by atoms with E-state index in [9.17, 15) is 9.18 Å². The Morgan fingerprint density at radius 1 is 1.06 bits per heavy atom. The lowest BCUT2D eigenvalue weighted by Gasteiger charge is -2.25. The van der Waals surface area contributed by atoms with Crippen molar-refractivity contribution in [2.24, 2.45) is 0 Å². The standard InChI is InChI=1S/C27H26FN3O2/c1-18-9-11-19(12-10-18)25-26(31(17-29-25)21-6-3-2-4-7-21)20-13-14-22(28)23(16-20)30-27(32)24-8-5-15-33-24/h5,8-17,21H,2-4,6-7H2,1H3,(H,30,32). The van der Waals surface area contributed by atoms with Crippen molar-refractivity contribution in [2.75, 3.05) is 5.32 Å². The molecule has 0 radical (unpaired) electrons. The largest absolute Gasteiger partial charge is 0.459 e. The number of benzene rings is 2. The third kappa shape index (κ3) is 4.33. The first-order valence-corrected chi connectivity index (χ1v) is 11.4. The normalized spacial score (nSPS) is 14.4. The molecule has 168 valence electrons. The summed E-state index contributed by atoms with van der Waals surface area (Å²) in [6.07, 6.45) is 9.15. The Morgan fingerprint density at radius 2 is 1.82 bits per heavy atom. The van der Waals surface area contributed by atoms with Crippen molar-refractivity contribution >= 4 is 11.6 Å². The molecular weight excluding hydrogens is 417 g/mol. The van der Waals surface area contributed by atoms with Gasteiger partial charge in [-0.3, -0.25) is 4.79 Å². The molecule has 2 aromatic carbocycles. The maximum atomic E-state index is 14.7. The minimum Gasteiger partial charge on any atom is -0.459 e. The second kappa shape index (κ2) is 9.06. The topological polar surface area (TPSA) is 60.1 Å². The highest BCUT2D eigenvalue weighted by molar-refractivity contribution is 6.02. The van der Waals surface area contributed by atoms with Crippen LogP contribution in [-0.2, 0) is 0 Å². The molecule has 0 unspecified atom stereocenters. The summed E-state index contributed by atoms with van der Waals surface area (Å²) in [4.78, 5) is 17.3. The summed E-state index contributed by atoms with van der Waals surface area (Å²) < 4.78 is 22.1. The van der Waals surface area contributed by atoms with Crippen molar-refractivity contribution in [2.45, 2.75) is 45.1 Å². The summed E-state index contributed by atoms with van der Waals surface area (Å²) in [5.41, 5.74) is 4.91. The monoisotopic (exact) mass is 443 g/mol. The maximum Gasteiger partial charge on any atom is 0.291 e. The lowest BCUT2D eigenvalue weighted by atomic mass is 9.94. The molecule has 0 atom stereocenters. The number of nitrogens with one attached hydrogen (secondary N) is 1. The fourth-order valence-electron chi connectivity index (χ4n) is 4.57. The number of carbonyl (C=O) groups excluding carboxylic acids is 1. The number of anilines is 1. The van der Waals surface area contributed by atoms with E-state index in [-0.39, 0.29) is 11.4 Å². The van der Waals surface area contributed by atoms with E-state index >= 15 is 0 Å². The van der Waals surface area contributed by atoms with Gasteiger partial charge >= 0.3 is 0 Å². The van der Waals surface area contributed by atoms with Crippen molar-refractivity contribution in [1.82, 2.24) is 9.55 Å². The number of aryl methyl sites for hydroxylation is 1. The van der Waals surface area contributed by atoms with Crippen LogP contribution in [0.4, 0.5) is 10.1 Å². The molecule has 0 bridgehead atoms. The Kier molecular flexibility index (Phi) is 5.82. The van der Waals surface area contributed by atoms with Crippen LogP contribution in [0.5, 0.6) is 0 Å². The van der Waals surface area contributed by atoms with E-state index in [1.54, 1.807) is 24.3 Å². The van der Waals surface area contributed by atoms with Crippen LogP contribution >= 0.6 is 0 Å². The Bertz CT molecular complexity index is 1250. The Morgan fingerprint density at radius 3 is 2.55 bits per heavy atom. The lowest BCUT2D eigenvalue weighted by Crippen LogP contribution is -2.14. The van der Waals surface area contributed by atoms with Crippen LogP contribution in [0, 0.1) is 12.7 Å². The quantitative estimate of drug-likeness (QED) is 0.361. The molecule has 6 heteroatoms. The van der Waals surface area contributed by atoms with Crippen molar-refractivity contribution in [1.29, 1.82) is 0 Å². The van der Waals surface area contributed by atoms with Gasteiger partial charge in [-0.15, -0.1) is 0 Å². The molecular formula is C27H26FN3O2. The summed E-state index contributed by atoms with van der Waals surface area (Å²) in [7, 11) is 0. The van der Waals surface area contributed by atoms with Gasteiger partial charge in [0.2, 0.25) is 0 Å². The van der Waals surface area contributed by atoms with Gasteiger partial charge in [-0.25, -0.2) is 9.37 Å². The molecule has 4 aromatic rings. The lowest BCUT2D eigenvalue weighted by molar-refractivity contribution is 0.0996. The van der Waals surface area contributed by atoms with Crippen molar-refractivity contribution < 1.29 is 13.6 Å². The van der Waals surface area contributed by atoms with Crippen molar-refractivity contribution in [3.63, 3.8) is 0 Å². The number of nitrogens with zero attached hydrogens (tertiary/aromatic N) is 2. The van der Waals surface area contributed by atoms with Gasteiger partial charge in [-0.05, 0) is 50.1 Å². The summed E-state index contributed by atoms with van der Waals surface area (Å²) in [5.74, 6) is -0.859. The molecule has 5 rings (SSSR count). The zero-order chi connectivity index (χ0) is 22.8. The zero-order valence-electron chi connectivity index (χ0n) is 18.6. The fraction of sp³-hybridized carbons (Fsp3) is 0.259. The molecule has 1 saturated carbocycles. The van der Waals surface area contributed by atoms with Gasteiger partial charge < -0.3 is 14.3 Å². The molecule has 1 fully saturated rings. The number of amides is 1. The van der Waals surface area contributed by atoms with Crippen LogP contribution in [0.1, 0.15) is 54.3 Å². The first-order valence-electron chi connectivity index (χ1n) is 11.4. The summed E-state index contributed by atoms with van der Waals surface area (Å²) >= 11 is 0. The molecule has 2 aromatic heterocycles. The number of furan rings is 1. The predicted molar refractivity (Wildman–Crippen MR) is 127 cm³/mol. The molecule has 2 heterocycles. The van der Waals surface area contributed by atoms with Gasteiger partial charge in [0.25, 0.3) is 5.91 Å². The minimum atomic E-state index is -0.501. The Hall–Kier alpha value is -3.67. The van der Waals surface area contributed by atoms with Gasteiger partial charge in [0.15, 0.2) is 5.76 Å². The third-order valence-electron chi connectivity index (χ3n) is 6.32. The van der Waals surface area contributed by atoms with E-state index in [1.165, 1.54) is 37.2 Å². The van der Waals surface area contributed by atoms with E-state index in [4.69, 9.17) is 9.40 Å². The van der Waals surface area contributed by atoms with Gasteiger partial charge in [0.1, 0.15) is 5.82 Å². The third-order valence-corrected chi connectivity index (χ3v) is 6.32. The van der Waals surface area contributed by atoms with Gasteiger partial charge in [0, 0.05) is 17.2 Å². The van der Waals surface area contributed by atoms with Gasteiger partial charge in [-0.1, -0.05) is 49.1 Å². The van der Waals surface area contributed by atoms with Gasteiger partial charge in [0.05, 0.1) is 29.7 Å². The van der Waals surface area contributed by atoms with Crippen LogP contribution in [0.25, 0.3) is 22.5 Å². The minimum absolute atomic E-state index is 0.111. The first kappa shape index (κ1) is 21.2. The average Bonchev–Trinajstić information content (AvgIpc) is 3.52. The summed E-state index contributed by atoms with van der Waals surface area (Å²) in [5, 5.41) is 2.64. The van der Waals surface area contributed by atoms with Crippen LogP contribution in [0.2, 0.25) is 0 Å². The van der Waals surface area contributed by atoms with Crippen LogP contribution < -0.4 is 5.32 Å². The second-order valence-corrected chi connectivity index (χ2v) is 8.63. The first-order chi connectivity index (χ1) is 16.1. The van der Waals surface area contributed by atoms with E-state index in [1.807, 2.05) is 6.33 Å². The highest BCUT2D eigenvalue weighted by atomic mass is 19.1. The molecule has 1 N–H and O–H groups in total. The SMILES string of the molecule is Cc1ccc(-c2ncn(C3CCCCC3)c2-c2ccc(F)c(NC(=O)c3ccco3)c2)cc1. The number of halogens is 1. The Labute approximate surface area is 192 Å². The van der Waals surface area contributed by atoms with E-state index in [0.29, 0.717) is 6.04 Å². The van der Waals surface area contributed by atoms with Crippen molar-refractivity contribution in [3.8, 4) is 22.5 Å². The smallest absolute Gasteiger partial charge is 0.291 e. The molecule has 1 aliphatic rings. The molecule has 0 aliphatic heterocycles. The number of carbonyl (C=O) groups is 1. The molecule has 5 nitrogen and oxygen atoms in total. The number of imidazole rings is 1. The van der Waals surface area contributed by atoms with Crippen LogP contribution in [-0.4, -0.2) is 15.5 Å². The highest BCUT2D eigenvalue weighted by Gasteiger charge is 2.23. The van der Waals surface area contributed by atoms with E-state index in [0.717, 1.165) is 35.4 Å². The van der Waals surface area contributed by atoms with E-state index < -0.39 is 11.7 Å².